The van der Waals surface area contributed by atoms with Gasteiger partial charge in [-0.3, -0.25) is 9.78 Å². The van der Waals surface area contributed by atoms with Gasteiger partial charge >= 0.3 is 0 Å². The molecule has 3 rings (SSSR count). The molecule has 0 atom stereocenters. The smallest absolute Gasteiger partial charge is 0.260 e. The van der Waals surface area contributed by atoms with Gasteiger partial charge in [0, 0.05) is 16.9 Å². The van der Waals surface area contributed by atoms with Crippen LogP contribution in [0.2, 0.25) is 0 Å². The quantitative estimate of drug-likeness (QED) is 0.812. The highest BCUT2D eigenvalue weighted by atomic mass is 79.9. The molecule has 1 aliphatic heterocycles. The second kappa shape index (κ2) is 5.01. The van der Waals surface area contributed by atoms with Crippen molar-refractivity contribution in [3.8, 4) is 5.75 Å². The molecule has 0 spiro atoms. The summed E-state index contributed by atoms with van der Waals surface area (Å²) in [5.74, 6) is 0.676. The van der Waals surface area contributed by atoms with Crippen LogP contribution in [-0.4, -0.2) is 24.0 Å². The second-order valence-electron chi connectivity index (χ2n) is 4.16. The number of anilines is 1. The first-order valence-corrected chi connectivity index (χ1v) is 6.69. The maximum absolute atomic E-state index is 12.5. The third-order valence-electron chi connectivity index (χ3n) is 2.93. The Morgan fingerprint density at radius 3 is 3.00 bits per heavy atom. The maximum atomic E-state index is 12.5. The number of nitrogens with zero attached hydrogens (tertiary/aromatic N) is 2. The largest absolute Gasteiger partial charge is 0.490 e. The predicted molar refractivity (Wildman–Crippen MR) is 75.6 cm³/mol. The van der Waals surface area contributed by atoms with Crippen LogP contribution in [0.25, 0.3) is 0 Å². The summed E-state index contributed by atoms with van der Waals surface area (Å²) in [6.07, 6.45) is 3.23. The number of carbonyl (C=O) groups excluding carboxylic acids is 1. The Balaban J connectivity index is 1.98. The molecule has 0 bridgehead atoms. The summed E-state index contributed by atoms with van der Waals surface area (Å²) in [7, 11) is 0. The van der Waals surface area contributed by atoms with Gasteiger partial charge in [0.25, 0.3) is 5.91 Å². The minimum absolute atomic E-state index is 0.0652. The number of para-hydroxylation sites is 2. The molecular formula is C14H11BrN2O2. The molecule has 2 heterocycles. The fourth-order valence-electron chi connectivity index (χ4n) is 2.07. The first-order chi connectivity index (χ1) is 9.25. The van der Waals surface area contributed by atoms with Crippen molar-refractivity contribution in [1.29, 1.82) is 0 Å². The summed E-state index contributed by atoms with van der Waals surface area (Å²) >= 11 is 3.33. The molecule has 0 aliphatic carbocycles. The van der Waals surface area contributed by atoms with E-state index in [9.17, 15) is 4.79 Å². The lowest BCUT2D eigenvalue weighted by Crippen LogP contribution is -2.37. The van der Waals surface area contributed by atoms with E-state index >= 15 is 0 Å². The molecule has 0 unspecified atom stereocenters. The van der Waals surface area contributed by atoms with Gasteiger partial charge in [-0.05, 0) is 34.1 Å². The number of halogens is 1. The fraction of sp³-hybridized carbons (Fsp3) is 0.143. The number of carbonyl (C=O) groups is 1. The van der Waals surface area contributed by atoms with Gasteiger partial charge in [0.2, 0.25) is 0 Å². The SMILES string of the molecule is O=C(c1cncc(Br)c1)N1CCOc2ccccc21. The van der Waals surface area contributed by atoms with E-state index in [1.54, 1.807) is 23.4 Å². The lowest BCUT2D eigenvalue weighted by molar-refractivity contribution is 0.0976. The molecule has 4 nitrogen and oxygen atoms in total. The van der Waals surface area contributed by atoms with E-state index in [-0.39, 0.29) is 5.91 Å². The predicted octanol–water partition coefficient (Wildman–Crippen LogP) is 2.88. The van der Waals surface area contributed by atoms with Gasteiger partial charge in [0.1, 0.15) is 12.4 Å². The van der Waals surface area contributed by atoms with E-state index in [2.05, 4.69) is 20.9 Å². The van der Waals surface area contributed by atoms with Gasteiger partial charge < -0.3 is 9.64 Å². The summed E-state index contributed by atoms with van der Waals surface area (Å²) in [6.45, 7) is 1.05. The minimum Gasteiger partial charge on any atom is -0.490 e. The molecule has 0 fully saturated rings. The van der Waals surface area contributed by atoms with Gasteiger partial charge in [-0.15, -0.1) is 0 Å². The Labute approximate surface area is 119 Å². The van der Waals surface area contributed by atoms with Crippen LogP contribution < -0.4 is 9.64 Å². The minimum atomic E-state index is -0.0652. The van der Waals surface area contributed by atoms with Gasteiger partial charge in [0.05, 0.1) is 17.8 Å². The van der Waals surface area contributed by atoms with Crippen molar-refractivity contribution in [2.45, 2.75) is 0 Å². The number of aromatic nitrogens is 1. The van der Waals surface area contributed by atoms with Crippen LogP contribution in [0.1, 0.15) is 10.4 Å². The molecule has 5 heteroatoms. The first kappa shape index (κ1) is 12.2. The summed E-state index contributed by atoms with van der Waals surface area (Å²) < 4.78 is 6.34. The highest BCUT2D eigenvalue weighted by Gasteiger charge is 2.24. The van der Waals surface area contributed by atoms with Crippen molar-refractivity contribution >= 4 is 27.5 Å². The van der Waals surface area contributed by atoms with E-state index in [1.807, 2.05) is 24.3 Å². The van der Waals surface area contributed by atoms with E-state index < -0.39 is 0 Å². The molecule has 0 saturated heterocycles. The maximum Gasteiger partial charge on any atom is 0.260 e. The number of benzene rings is 1. The normalized spacial score (nSPS) is 13.6. The molecular weight excluding hydrogens is 308 g/mol. The lowest BCUT2D eigenvalue weighted by Gasteiger charge is -2.29. The first-order valence-electron chi connectivity index (χ1n) is 5.90. The Hall–Kier alpha value is -1.88. The van der Waals surface area contributed by atoms with Gasteiger partial charge in [0.15, 0.2) is 0 Å². The van der Waals surface area contributed by atoms with Crippen LogP contribution in [0.4, 0.5) is 5.69 Å². The van der Waals surface area contributed by atoms with Crippen LogP contribution >= 0.6 is 15.9 Å². The summed E-state index contributed by atoms with van der Waals surface area (Å²) in [5.41, 5.74) is 1.37. The molecule has 96 valence electrons. The van der Waals surface area contributed by atoms with Crippen molar-refractivity contribution in [2.24, 2.45) is 0 Å². The number of pyridine rings is 1. The number of hydrogen-bond donors (Lipinski definition) is 0. The molecule has 0 radical (unpaired) electrons. The van der Waals surface area contributed by atoms with E-state index in [0.717, 1.165) is 15.9 Å². The van der Waals surface area contributed by atoms with Gasteiger partial charge in [-0.25, -0.2) is 0 Å². The highest BCUT2D eigenvalue weighted by molar-refractivity contribution is 9.10. The zero-order valence-corrected chi connectivity index (χ0v) is 11.6. The number of rotatable bonds is 1. The zero-order chi connectivity index (χ0) is 13.2. The average molecular weight is 319 g/mol. The van der Waals surface area contributed by atoms with Crippen LogP contribution in [0.5, 0.6) is 5.75 Å². The number of amides is 1. The van der Waals surface area contributed by atoms with Crippen LogP contribution in [0.3, 0.4) is 0 Å². The average Bonchev–Trinajstić information content (AvgIpc) is 2.46. The molecule has 1 aromatic heterocycles. The van der Waals surface area contributed by atoms with Crippen molar-refractivity contribution in [3.63, 3.8) is 0 Å². The Kier molecular flexibility index (Phi) is 3.21. The number of hydrogen-bond acceptors (Lipinski definition) is 3. The van der Waals surface area contributed by atoms with E-state index in [4.69, 9.17) is 4.74 Å². The summed E-state index contributed by atoms with van der Waals surface area (Å²) in [6, 6.07) is 9.32. The van der Waals surface area contributed by atoms with Gasteiger partial charge in [-0.1, -0.05) is 12.1 Å². The Morgan fingerprint density at radius 1 is 1.32 bits per heavy atom. The zero-order valence-electron chi connectivity index (χ0n) is 10.0. The van der Waals surface area contributed by atoms with Crippen LogP contribution in [-0.2, 0) is 0 Å². The van der Waals surface area contributed by atoms with Crippen molar-refractivity contribution in [1.82, 2.24) is 4.98 Å². The third kappa shape index (κ3) is 2.33. The van der Waals surface area contributed by atoms with Crippen LogP contribution in [0.15, 0.2) is 47.2 Å². The standard InChI is InChI=1S/C14H11BrN2O2/c15-11-7-10(8-16-9-11)14(18)17-5-6-19-13-4-2-1-3-12(13)17/h1-4,7-9H,5-6H2. The monoisotopic (exact) mass is 318 g/mol. The molecule has 1 amide bonds. The third-order valence-corrected chi connectivity index (χ3v) is 3.36. The van der Waals surface area contributed by atoms with Crippen molar-refractivity contribution < 1.29 is 9.53 Å². The molecule has 0 saturated carbocycles. The number of ether oxygens (including phenoxy) is 1. The van der Waals surface area contributed by atoms with Crippen molar-refractivity contribution in [3.05, 3.63) is 52.8 Å². The molecule has 0 N–H and O–H groups in total. The second-order valence-corrected chi connectivity index (χ2v) is 5.08. The van der Waals surface area contributed by atoms with Crippen molar-refractivity contribution in [2.75, 3.05) is 18.1 Å². The Morgan fingerprint density at radius 2 is 2.16 bits per heavy atom. The molecule has 19 heavy (non-hydrogen) atoms. The van der Waals surface area contributed by atoms with E-state index in [1.165, 1.54) is 0 Å². The fourth-order valence-corrected chi connectivity index (χ4v) is 2.43. The summed E-state index contributed by atoms with van der Waals surface area (Å²) in [5, 5.41) is 0. The van der Waals surface area contributed by atoms with Gasteiger partial charge in [-0.2, -0.15) is 0 Å². The summed E-state index contributed by atoms with van der Waals surface area (Å²) in [4.78, 5) is 18.3. The number of fused-ring (bicyclic) bond motifs is 1. The Bertz CT molecular complexity index is 630. The molecule has 1 aliphatic rings. The van der Waals surface area contributed by atoms with Crippen LogP contribution in [0, 0.1) is 0 Å². The molecule has 2 aromatic rings. The highest BCUT2D eigenvalue weighted by Crippen LogP contribution is 2.32. The lowest BCUT2D eigenvalue weighted by atomic mass is 10.2. The topological polar surface area (TPSA) is 42.4 Å². The van der Waals surface area contributed by atoms with E-state index in [0.29, 0.717) is 18.7 Å². The molecule has 1 aromatic carbocycles.